The lowest BCUT2D eigenvalue weighted by atomic mass is 9.94. The van der Waals surface area contributed by atoms with Crippen LogP contribution in [0.15, 0.2) is 48.0 Å². The van der Waals surface area contributed by atoms with Crippen molar-refractivity contribution in [1.82, 2.24) is 9.80 Å². The molecule has 3 N–H and O–H groups in total. The molecule has 1 aliphatic heterocycles. The topological polar surface area (TPSA) is 122 Å². The maximum absolute atomic E-state index is 13.2. The maximum atomic E-state index is 13.2. The Kier molecular flexibility index (Phi) is 8.37. The van der Waals surface area contributed by atoms with E-state index in [2.05, 4.69) is 0 Å². The number of nitrogens with zero attached hydrogens (tertiary/aromatic N) is 2. The predicted molar refractivity (Wildman–Crippen MR) is 136 cm³/mol. The van der Waals surface area contributed by atoms with Crippen molar-refractivity contribution in [2.45, 2.75) is 32.9 Å². The number of amides is 2. The first-order valence-corrected chi connectivity index (χ1v) is 11.7. The summed E-state index contributed by atoms with van der Waals surface area (Å²) in [6.07, 6.45) is -0.0132. The molecule has 9 heteroatoms. The van der Waals surface area contributed by atoms with Gasteiger partial charge < -0.3 is 30.1 Å². The van der Waals surface area contributed by atoms with Gasteiger partial charge >= 0.3 is 0 Å². The third-order valence-electron chi connectivity index (χ3n) is 5.73. The van der Waals surface area contributed by atoms with Gasteiger partial charge in [0.2, 0.25) is 0 Å². The molecule has 1 aliphatic rings. The second kappa shape index (κ2) is 11.3. The summed E-state index contributed by atoms with van der Waals surface area (Å²) in [5, 5.41) is 11.3. The number of aryl methyl sites for hydroxylation is 1. The molecular weight excluding hydrogens is 462 g/mol. The number of hydrogen-bond acceptors (Lipinski definition) is 7. The van der Waals surface area contributed by atoms with Crippen LogP contribution in [0.25, 0.3) is 5.76 Å². The Morgan fingerprint density at radius 3 is 2.31 bits per heavy atom. The molecule has 2 amide bonds. The minimum Gasteiger partial charge on any atom is -0.507 e. The van der Waals surface area contributed by atoms with E-state index in [4.69, 9.17) is 15.2 Å². The van der Waals surface area contributed by atoms with Crippen molar-refractivity contribution >= 4 is 23.4 Å². The Balaban J connectivity index is 2.07. The van der Waals surface area contributed by atoms with Gasteiger partial charge in [-0.05, 0) is 76.3 Å². The molecule has 9 nitrogen and oxygen atoms in total. The number of aliphatic hydroxyl groups is 1. The van der Waals surface area contributed by atoms with Gasteiger partial charge in [-0.3, -0.25) is 14.4 Å². The second-order valence-electron chi connectivity index (χ2n) is 9.26. The van der Waals surface area contributed by atoms with Crippen molar-refractivity contribution in [1.29, 1.82) is 0 Å². The summed E-state index contributed by atoms with van der Waals surface area (Å²) in [5.41, 5.74) is 6.93. The van der Waals surface area contributed by atoms with Crippen LogP contribution in [0.4, 0.5) is 0 Å². The van der Waals surface area contributed by atoms with E-state index in [1.807, 2.05) is 39.8 Å². The molecule has 1 heterocycles. The first kappa shape index (κ1) is 26.7. The predicted octanol–water partition coefficient (Wildman–Crippen LogP) is 2.63. The average Bonchev–Trinajstić information content (AvgIpc) is 3.05. The summed E-state index contributed by atoms with van der Waals surface area (Å²) in [5.74, 6) is -1.19. The van der Waals surface area contributed by atoms with Crippen LogP contribution in [-0.4, -0.2) is 72.4 Å². The number of ether oxygens (including phenoxy) is 2. The number of hydrogen-bond donors (Lipinski definition) is 2. The van der Waals surface area contributed by atoms with Gasteiger partial charge in [0, 0.05) is 18.7 Å². The quantitative estimate of drug-likeness (QED) is 0.295. The molecule has 1 fully saturated rings. The highest BCUT2D eigenvalue weighted by Crippen LogP contribution is 2.40. The molecule has 0 spiro atoms. The normalized spacial score (nSPS) is 17.2. The highest BCUT2D eigenvalue weighted by molar-refractivity contribution is 6.46. The first-order chi connectivity index (χ1) is 17.0. The zero-order chi connectivity index (χ0) is 26.6. The fraction of sp³-hybridized carbons (Fsp3) is 0.370. The summed E-state index contributed by atoms with van der Waals surface area (Å²) in [7, 11) is 3.75. The fourth-order valence-electron chi connectivity index (χ4n) is 4.06. The van der Waals surface area contributed by atoms with Gasteiger partial charge in [0.15, 0.2) is 6.61 Å². The van der Waals surface area contributed by atoms with Crippen molar-refractivity contribution in [2.24, 2.45) is 5.73 Å². The summed E-state index contributed by atoms with van der Waals surface area (Å²) < 4.78 is 11.1. The number of likely N-dealkylation sites (N-methyl/N-ethyl adjacent to an activating group) is 1. The van der Waals surface area contributed by atoms with Crippen LogP contribution in [0.2, 0.25) is 0 Å². The lowest BCUT2D eigenvalue weighted by molar-refractivity contribution is -0.140. The Hall–Kier alpha value is -3.85. The van der Waals surface area contributed by atoms with E-state index in [-0.39, 0.29) is 24.0 Å². The number of nitrogens with two attached hydrogens (primary N) is 1. The number of benzene rings is 2. The SMILES string of the molecule is Cc1cc(OC(C)C)ccc1C(O)=C1C(=O)C(=O)N(CCN(C)C)C1c1ccc(OCC(N)=O)cc1. The van der Waals surface area contributed by atoms with Gasteiger partial charge in [-0.1, -0.05) is 12.1 Å². The third-order valence-corrected chi connectivity index (χ3v) is 5.73. The van der Waals surface area contributed by atoms with Crippen LogP contribution in [0.5, 0.6) is 11.5 Å². The van der Waals surface area contributed by atoms with E-state index in [9.17, 15) is 19.5 Å². The number of aliphatic hydroxyl groups excluding tert-OH is 1. The molecule has 192 valence electrons. The number of carbonyl (C=O) groups is 3. The standard InChI is InChI=1S/C27H33N3O6/c1-16(2)36-20-10-11-21(17(3)14-20)25(32)23-24(30(13-12-29(4)5)27(34)26(23)33)18-6-8-19(9-7-18)35-15-22(28)31/h6-11,14,16,24,32H,12-13,15H2,1-5H3,(H2,28,31). The van der Waals surface area contributed by atoms with E-state index >= 15 is 0 Å². The first-order valence-electron chi connectivity index (χ1n) is 11.7. The molecule has 0 radical (unpaired) electrons. The van der Waals surface area contributed by atoms with Crippen molar-refractivity contribution < 1.29 is 29.0 Å². The summed E-state index contributed by atoms with van der Waals surface area (Å²) in [4.78, 5) is 40.7. The Morgan fingerprint density at radius 2 is 1.75 bits per heavy atom. The number of carbonyl (C=O) groups excluding carboxylic acids is 3. The van der Waals surface area contributed by atoms with Gasteiger partial charge in [-0.2, -0.15) is 0 Å². The lowest BCUT2D eigenvalue weighted by Gasteiger charge is -2.26. The Labute approximate surface area is 211 Å². The smallest absolute Gasteiger partial charge is 0.295 e. The third kappa shape index (κ3) is 6.04. The van der Waals surface area contributed by atoms with E-state index < -0.39 is 23.6 Å². The van der Waals surface area contributed by atoms with E-state index in [0.717, 1.165) is 0 Å². The fourth-order valence-corrected chi connectivity index (χ4v) is 4.06. The average molecular weight is 496 g/mol. The van der Waals surface area contributed by atoms with Crippen LogP contribution >= 0.6 is 0 Å². The van der Waals surface area contributed by atoms with Crippen LogP contribution < -0.4 is 15.2 Å². The van der Waals surface area contributed by atoms with Gasteiger partial charge in [-0.25, -0.2) is 0 Å². The highest BCUT2D eigenvalue weighted by atomic mass is 16.5. The zero-order valence-corrected chi connectivity index (χ0v) is 21.3. The van der Waals surface area contributed by atoms with E-state index in [1.165, 1.54) is 4.90 Å². The van der Waals surface area contributed by atoms with Crippen molar-refractivity contribution in [2.75, 3.05) is 33.8 Å². The lowest BCUT2D eigenvalue weighted by Crippen LogP contribution is -2.35. The number of primary amides is 1. The van der Waals surface area contributed by atoms with E-state index in [1.54, 1.807) is 42.5 Å². The Morgan fingerprint density at radius 1 is 1.11 bits per heavy atom. The second-order valence-corrected chi connectivity index (χ2v) is 9.26. The summed E-state index contributed by atoms with van der Waals surface area (Å²) >= 11 is 0. The van der Waals surface area contributed by atoms with E-state index in [0.29, 0.717) is 41.3 Å². The van der Waals surface area contributed by atoms with Gasteiger partial charge in [-0.15, -0.1) is 0 Å². The van der Waals surface area contributed by atoms with Crippen molar-refractivity contribution in [3.8, 4) is 11.5 Å². The number of Topliss-reactive ketones (excluding diaryl/α,β-unsaturated/α-hetero) is 1. The molecule has 2 aromatic carbocycles. The van der Waals surface area contributed by atoms with Crippen molar-refractivity contribution in [3.05, 3.63) is 64.7 Å². The molecule has 0 aromatic heterocycles. The van der Waals surface area contributed by atoms with Crippen molar-refractivity contribution in [3.63, 3.8) is 0 Å². The molecule has 3 rings (SSSR count). The minimum atomic E-state index is -0.791. The monoisotopic (exact) mass is 495 g/mol. The summed E-state index contributed by atoms with van der Waals surface area (Å²) in [6, 6.07) is 11.1. The van der Waals surface area contributed by atoms with Gasteiger partial charge in [0.1, 0.15) is 17.3 Å². The molecule has 1 atom stereocenters. The minimum absolute atomic E-state index is 0.0132. The molecule has 1 saturated heterocycles. The summed E-state index contributed by atoms with van der Waals surface area (Å²) in [6.45, 7) is 6.20. The highest BCUT2D eigenvalue weighted by Gasteiger charge is 2.46. The van der Waals surface area contributed by atoms with Crippen LogP contribution in [0, 0.1) is 6.92 Å². The number of ketones is 1. The molecule has 0 bridgehead atoms. The molecule has 0 saturated carbocycles. The van der Waals surface area contributed by atoms with Crippen LogP contribution in [-0.2, 0) is 14.4 Å². The van der Waals surface area contributed by atoms with Gasteiger partial charge in [0.25, 0.3) is 17.6 Å². The van der Waals surface area contributed by atoms with Gasteiger partial charge in [0.05, 0.1) is 17.7 Å². The zero-order valence-electron chi connectivity index (χ0n) is 21.3. The number of likely N-dealkylation sites (tertiary alicyclic amines) is 1. The molecule has 36 heavy (non-hydrogen) atoms. The maximum Gasteiger partial charge on any atom is 0.295 e. The molecular formula is C27H33N3O6. The molecule has 0 aliphatic carbocycles. The number of rotatable bonds is 10. The molecule has 1 unspecified atom stereocenters. The Bertz CT molecular complexity index is 1170. The molecule has 2 aromatic rings. The van der Waals surface area contributed by atoms with Crippen LogP contribution in [0.3, 0.4) is 0 Å². The van der Waals surface area contributed by atoms with Crippen LogP contribution in [0.1, 0.15) is 36.6 Å². The largest absolute Gasteiger partial charge is 0.507 e.